The Bertz CT molecular complexity index is 1080. The van der Waals surface area contributed by atoms with Crippen LogP contribution in [0, 0.1) is 17.0 Å². The lowest BCUT2D eigenvalue weighted by Gasteiger charge is -2.03. The molecule has 0 atom stereocenters. The van der Waals surface area contributed by atoms with E-state index in [1.165, 1.54) is 23.5 Å². The van der Waals surface area contributed by atoms with E-state index in [-0.39, 0.29) is 5.69 Å². The van der Waals surface area contributed by atoms with Gasteiger partial charge in [0.05, 0.1) is 15.3 Å². The van der Waals surface area contributed by atoms with Crippen LogP contribution in [0.3, 0.4) is 0 Å². The Morgan fingerprint density at radius 2 is 1.96 bits per heavy atom. The molecule has 4 aromatic rings. The molecule has 0 aliphatic heterocycles. The summed E-state index contributed by atoms with van der Waals surface area (Å²) < 4.78 is 0.931. The molecule has 0 fully saturated rings. The summed E-state index contributed by atoms with van der Waals surface area (Å²) in [6.07, 6.45) is 3.26. The zero-order valence-corrected chi connectivity index (χ0v) is 12.7. The predicted molar refractivity (Wildman–Crippen MR) is 87.3 cm³/mol. The molecule has 0 saturated heterocycles. The van der Waals surface area contributed by atoms with Gasteiger partial charge in [-0.3, -0.25) is 10.1 Å². The first kappa shape index (κ1) is 13.6. The minimum absolute atomic E-state index is 0.0128. The van der Waals surface area contributed by atoms with Crippen LogP contribution in [-0.4, -0.2) is 24.9 Å². The normalized spacial score (nSPS) is 11.2. The topological polar surface area (TPSA) is 94.7 Å². The van der Waals surface area contributed by atoms with Crippen LogP contribution in [0.15, 0.2) is 36.7 Å². The van der Waals surface area contributed by atoms with Gasteiger partial charge in [-0.05, 0) is 6.92 Å². The maximum atomic E-state index is 10.9. The third-order valence-corrected chi connectivity index (χ3v) is 4.62. The summed E-state index contributed by atoms with van der Waals surface area (Å²) in [4.78, 5) is 29.0. The van der Waals surface area contributed by atoms with Crippen LogP contribution < -0.4 is 0 Å². The van der Waals surface area contributed by atoms with E-state index in [0.29, 0.717) is 11.4 Å². The fraction of sp³-hybridized carbons (Fsp3) is 0.0667. The predicted octanol–water partition coefficient (Wildman–Crippen LogP) is 3.52. The molecule has 0 N–H and O–H groups in total. The highest BCUT2D eigenvalue weighted by atomic mass is 32.1. The van der Waals surface area contributed by atoms with Crippen LogP contribution in [0.5, 0.6) is 0 Å². The average molecular weight is 323 g/mol. The largest absolute Gasteiger partial charge is 0.270 e. The molecule has 0 saturated carbocycles. The Morgan fingerprint density at radius 1 is 1.13 bits per heavy atom. The van der Waals surface area contributed by atoms with Crippen LogP contribution in [0.4, 0.5) is 5.69 Å². The number of hydrogen-bond acceptors (Lipinski definition) is 7. The maximum Gasteiger partial charge on any atom is 0.270 e. The van der Waals surface area contributed by atoms with E-state index in [2.05, 4.69) is 19.9 Å². The minimum Gasteiger partial charge on any atom is -0.258 e. The van der Waals surface area contributed by atoms with Crippen LogP contribution in [0.25, 0.3) is 32.0 Å². The molecule has 8 heteroatoms. The van der Waals surface area contributed by atoms with Crippen molar-refractivity contribution in [1.29, 1.82) is 0 Å². The van der Waals surface area contributed by atoms with Crippen LogP contribution in [0.1, 0.15) is 5.69 Å². The van der Waals surface area contributed by atoms with Crippen LogP contribution in [0.2, 0.25) is 0 Å². The summed E-state index contributed by atoms with van der Waals surface area (Å²) >= 11 is 1.49. The van der Waals surface area contributed by atoms with Gasteiger partial charge in [0.15, 0.2) is 5.82 Å². The number of nitro groups is 1. The Hall–Kier alpha value is -3.00. The summed E-state index contributed by atoms with van der Waals surface area (Å²) in [5, 5.41) is 10.9. The van der Waals surface area contributed by atoms with E-state index in [1.54, 1.807) is 24.5 Å². The summed E-state index contributed by atoms with van der Waals surface area (Å²) in [6.45, 7) is 1.89. The number of thiophene rings is 1. The highest BCUT2D eigenvalue weighted by molar-refractivity contribution is 7.25. The van der Waals surface area contributed by atoms with E-state index < -0.39 is 4.92 Å². The molecule has 0 radical (unpaired) electrons. The molecule has 0 spiro atoms. The van der Waals surface area contributed by atoms with Gasteiger partial charge in [0.2, 0.25) is 0 Å². The molecule has 0 bridgehead atoms. The molecule has 112 valence electrons. The van der Waals surface area contributed by atoms with Crippen molar-refractivity contribution in [2.75, 3.05) is 0 Å². The third-order valence-electron chi connectivity index (χ3n) is 3.44. The molecule has 0 aliphatic carbocycles. The van der Waals surface area contributed by atoms with Crippen molar-refractivity contribution in [3.8, 4) is 11.4 Å². The second-order valence-corrected chi connectivity index (χ2v) is 5.93. The number of benzene rings is 1. The number of aromatic nitrogens is 4. The number of nitro benzene ring substituents is 1. The van der Waals surface area contributed by atoms with Crippen molar-refractivity contribution in [3.63, 3.8) is 0 Å². The maximum absolute atomic E-state index is 10.9. The molecule has 7 nitrogen and oxygen atoms in total. The fourth-order valence-electron chi connectivity index (χ4n) is 2.39. The summed E-state index contributed by atoms with van der Waals surface area (Å²) in [5.41, 5.74) is 2.88. The van der Waals surface area contributed by atoms with Crippen molar-refractivity contribution in [2.45, 2.75) is 6.92 Å². The van der Waals surface area contributed by atoms with Gasteiger partial charge in [0.1, 0.15) is 15.9 Å². The first-order valence-electron chi connectivity index (χ1n) is 6.76. The molecule has 0 amide bonds. The Labute approximate surface area is 133 Å². The monoisotopic (exact) mass is 323 g/mol. The first-order valence-corrected chi connectivity index (χ1v) is 7.58. The number of aryl methyl sites for hydroxylation is 1. The number of nitrogens with zero attached hydrogens (tertiary/aromatic N) is 5. The number of non-ortho nitro benzene ring substituents is 1. The van der Waals surface area contributed by atoms with E-state index in [4.69, 9.17) is 0 Å². The SMILES string of the molecule is Cc1nc(-c2cccc([N+](=O)[O-])c2)nc2c1sc1nccnc12. The van der Waals surface area contributed by atoms with Gasteiger partial charge < -0.3 is 0 Å². The Morgan fingerprint density at radius 3 is 2.78 bits per heavy atom. The second-order valence-electron chi connectivity index (χ2n) is 4.93. The fourth-order valence-corrected chi connectivity index (χ4v) is 3.38. The molecule has 0 unspecified atom stereocenters. The van der Waals surface area contributed by atoms with E-state index >= 15 is 0 Å². The lowest BCUT2D eigenvalue weighted by molar-refractivity contribution is -0.384. The Balaban J connectivity index is 1.99. The van der Waals surface area contributed by atoms with Gasteiger partial charge in [-0.1, -0.05) is 12.1 Å². The molecular formula is C15H9N5O2S. The average Bonchev–Trinajstić information content (AvgIpc) is 2.94. The van der Waals surface area contributed by atoms with Gasteiger partial charge in [-0.15, -0.1) is 11.3 Å². The van der Waals surface area contributed by atoms with Crippen molar-refractivity contribution in [1.82, 2.24) is 19.9 Å². The van der Waals surface area contributed by atoms with Gasteiger partial charge in [-0.2, -0.15) is 0 Å². The molecule has 3 heterocycles. The van der Waals surface area contributed by atoms with Gasteiger partial charge in [-0.25, -0.2) is 19.9 Å². The molecule has 3 aromatic heterocycles. The van der Waals surface area contributed by atoms with Crippen molar-refractivity contribution in [3.05, 3.63) is 52.5 Å². The highest BCUT2D eigenvalue weighted by Gasteiger charge is 2.15. The van der Waals surface area contributed by atoms with E-state index in [9.17, 15) is 10.1 Å². The molecule has 23 heavy (non-hydrogen) atoms. The third kappa shape index (κ3) is 2.20. The van der Waals surface area contributed by atoms with Crippen molar-refractivity contribution < 1.29 is 4.92 Å². The first-order chi connectivity index (χ1) is 11.1. The molecular weight excluding hydrogens is 314 g/mol. The van der Waals surface area contributed by atoms with E-state index in [1.807, 2.05) is 6.92 Å². The van der Waals surface area contributed by atoms with E-state index in [0.717, 1.165) is 26.3 Å². The molecule has 0 aliphatic rings. The zero-order chi connectivity index (χ0) is 16.0. The molecule has 1 aromatic carbocycles. The number of rotatable bonds is 2. The quantitative estimate of drug-likeness (QED) is 0.414. The molecule has 4 rings (SSSR count). The number of hydrogen-bond donors (Lipinski definition) is 0. The summed E-state index contributed by atoms with van der Waals surface area (Å²) in [5.74, 6) is 0.448. The zero-order valence-electron chi connectivity index (χ0n) is 11.9. The van der Waals surface area contributed by atoms with Crippen LogP contribution >= 0.6 is 11.3 Å². The second kappa shape index (κ2) is 5.03. The summed E-state index contributed by atoms with van der Waals surface area (Å²) in [7, 11) is 0. The Kier molecular flexibility index (Phi) is 2.98. The van der Waals surface area contributed by atoms with Crippen molar-refractivity contribution >= 4 is 37.6 Å². The number of fused-ring (bicyclic) bond motifs is 3. The van der Waals surface area contributed by atoms with Crippen molar-refractivity contribution in [2.24, 2.45) is 0 Å². The lowest BCUT2D eigenvalue weighted by atomic mass is 10.2. The van der Waals surface area contributed by atoms with Gasteiger partial charge in [0.25, 0.3) is 5.69 Å². The highest BCUT2D eigenvalue weighted by Crippen LogP contribution is 2.33. The standard InChI is InChI=1S/C15H9N5O2S/c1-8-13-11(12-15(23-13)17-6-5-16-12)19-14(18-8)9-3-2-4-10(7-9)20(21)22/h2-7H,1H3. The van der Waals surface area contributed by atoms with Gasteiger partial charge in [0, 0.05) is 30.1 Å². The lowest BCUT2D eigenvalue weighted by Crippen LogP contribution is -1.94. The van der Waals surface area contributed by atoms with Gasteiger partial charge >= 0.3 is 0 Å². The van der Waals surface area contributed by atoms with Crippen LogP contribution in [-0.2, 0) is 0 Å². The smallest absolute Gasteiger partial charge is 0.258 e. The minimum atomic E-state index is -0.430. The summed E-state index contributed by atoms with van der Waals surface area (Å²) in [6, 6.07) is 6.30.